The largest absolute Gasteiger partial charge is 0.381 e. The van der Waals surface area contributed by atoms with Crippen molar-refractivity contribution in [2.75, 3.05) is 33.4 Å². The Morgan fingerprint density at radius 3 is 2.52 bits per heavy atom. The van der Waals surface area contributed by atoms with E-state index >= 15 is 0 Å². The van der Waals surface area contributed by atoms with E-state index in [4.69, 9.17) is 10.5 Å². The Bertz CT molecular complexity index is 307. The lowest BCUT2D eigenvalue weighted by Gasteiger charge is -2.46. The quantitative estimate of drug-likeness (QED) is 0.866. The topological polar surface area (TPSA) is 38.5 Å². The summed E-state index contributed by atoms with van der Waals surface area (Å²) >= 11 is 0. The average Bonchev–Trinajstić information content (AvgIpc) is 2.46. The van der Waals surface area contributed by atoms with Crippen molar-refractivity contribution in [2.45, 2.75) is 58.9 Å². The summed E-state index contributed by atoms with van der Waals surface area (Å²) in [6.45, 7) is 11.1. The molecule has 2 rings (SSSR count). The summed E-state index contributed by atoms with van der Waals surface area (Å²) in [7, 11) is 2.31. The summed E-state index contributed by atoms with van der Waals surface area (Å²) in [5.41, 5.74) is 6.49. The van der Waals surface area contributed by atoms with Crippen LogP contribution < -0.4 is 5.73 Å². The highest BCUT2D eigenvalue weighted by atomic mass is 16.5. The second kappa shape index (κ2) is 7.43. The zero-order chi connectivity index (χ0) is 15.5. The Labute approximate surface area is 131 Å². The minimum atomic E-state index is 0.423. The molecule has 0 radical (unpaired) electrons. The Morgan fingerprint density at radius 2 is 1.95 bits per heavy atom. The van der Waals surface area contributed by atoms with Crippen LogP contribution >= 0.6 is 0 Å². The van der Waals surface area contributed by atoms with Gasteiger partial charge in [0.2, 0.25) is 0 Å². The van der Waals surface area contributed by atoms with Gasteiger partial charge >= 0.3 is 0 Å². The molecule has 4 unspecified atom stereocenters. The average molecular weight is 296 g/mol. The number of rotatable bonds is 4. The van der Waals surface area contributed by atoms with E-state index in [2.05, 4.69) is 32.7 Å². The summed E-state index contributed by atoms with van der Waals surface area (Å²) in [5, 5.41) is 0. The maximum atomic E-state index is 6.07. The van der Waals surface area contributed by atoms with Crippen LogP contribution in [0.2, 0.25) is 0 Å². The fraction of sp³-hybridized carbons (Fsp3) is 1.00. The third-order valence-corrected chi connectivity index (χ3v) is 5.85. The highest BCUT2D eigenvalue weighted by Crippen LogP contribution is 2.41. The molecule has 3 nitrogen and oxygen atoms in total. The van der Waals surface area contributed by atoms with Crippen LogP contribution in [0.1, 0.15) is 52.9 Å². The van der Waals surface area contributed by atoms with E-state index in [1.807, 2.05) is 0 Å². The van der Waals surface area contributed by atoms with Crippen LogP contribution in [-0.4, -0.2) is 44.3 Å². The molecule has 21 heavy (non-hydrogen) atoms. The van der Waals surface area contributed by atoms with Gasteiger partial charge in [-0.1, -0.05) is 20.8 Å². The van der Waals surface area contributed by atoms with Gasteiger partial charge in [-0.25, -0.2) is 0 Å². The molecule has 2 fully saturated rings. The van der Waals surface area contributed by atoms with Gasteiger partial charge in [0.25, 0.3) is 0 Å². The number of nitrogens with zero attached hydrogens (tertiary/aromatic N) is 1. The standard InChI is InChI=1S/C18H36N2O/c1-18(2,3)16-8-7-15(11-19)17(10-16)20(4)12-14-6-5-9-21-13-14/h14-17H,5-13,19H2,1-4H3. The van der Waals surface area contributed by atoms with Gasteiger partial charge in [0.05, 0.1) is 6.61 Å². The molecule has 124 valence electrons. The number of hydrogen-bond acceptors (Lipinski definition) is 3. The second-order valence-corrected chi connectivity index (χ2v) is 8.46. The molecule has 0 bridgehead atoms. The molecule has 4 atom stereocenters. The van der Waals surface area contributed by atoms with E-state index in [-0.39, 0.29) is 0 Å². The highest BCUT2D eigenvalue weighted by molar-refractivity contribution is 4.90. The summed E-state index contributed by atoms with van der Waals surface area (Å²) in [6.07, 6.45) is 6.52. The summed E-state index contributed by atoms with van der Waals surface area (Å²) < 4.78 is 5.65. The Balaban J connectivity index is 1.95. The van der Waals surface area contributed by atoms with Crippen molar-refractivity contribution in [2.24, 2.45) is 28.9 Å². The first-order valence-electron chi connectivity index (χ1n) is 8.90. The molecular formula is C18H36N2O. The summed E-state index contributed by atoms with van der Waals surface area (Å²) in [4.78, 5) is 2.61. The Hall–Kier alpha value is -0.120. The van der Waals surface area contributed by atoms with Gasteiger partial charge in [-0.3, -0.25) is 0 Å². The molecule has 1 saturated heterocycles. The normalized spacial score (nSPS) is 35.1. The first-order chi connectivity index (χ1) is 9.91. The predicted molar refractivity (Wildman–Crippen MR) is 89.3 cm³/mol. The predicted octanol–water partition coefficient (Wildman–Crippen LogP) is 3.13. The van der Waals surface area contributed by atoms with Crippen molar-refractivity contribution < 1.29 is 4.74 Å². The maximum Gasteiger partial charge on any atom is 0.0506 e. The molecule has 1 aliphatic heterocycles. The van der Waals surface area contributed by atoms with E-state index in [9.17, 15) is 0 Å². The van der Waals surface area contributed by atoms with Crippen LogP contribution in [0.15, 0.2) is 0 Å². The minimum Gasteiger partial charge on any atom is -0.381 e. The molecule has 0 spiro atoms. The molecule has 0 aromatic carbocycles. The van der Waals surface area contributed by atoms with Gasteiger partial charge in [0, 0.05) is 19.2 Å². The van der Waals surface area contributed by atoms with E-state index < -0.39 is 0 Å². The smallest absolute Gasteiger partial charge is 0.0506 e. The van der Waals surface area contributed by atoms with Crippen molar-refractivity contribution in [3.8, 4) is 0 Å². The monoisotopic (exact) mass is 296 g/mol. The molecular weight excluding hydrogens is 260 g/mol. The van der Waals surface area contributed by atoms with E-state index in [0.29, 0.717) is 17.4 Å². The van der Waals surface area contributed by atoms with Crippen molar-refractivity contribution >= 4 is 0 Å². The number of hydrogen-bond donors (Lipinski definition) is 1. The first-order valence-corrected chi connectivity index (χ1v) is 8.90. The van der Waals surface area contributed by atoms with Crippen LogP contribution in [0, 0.1) is 23.2 Å². The Kier molecular flexibility index (Phi) is 6.10. The molecule has 3 heteroatoms. The fourth-order valence-corrected chi connectivity index (χ4v) is 4.30. The molecule has 1 saturated carbocycles. The second-order valence-electron chi connectivity index (χ2n) is 8.46. The molecule has 2 aliphatic rings. The number of nitrogens with two attached hydrogens (primary N) is 1. The SMILES string of the molecule is CN(CC1CCCOC1)C1CC(C(C)(C)C)CCC1CN. The van der Waals surface area contributed by atoms with Crippen LogP contribution in [0.5, 0.6) is 0 Å². The molecule has 1 heterocycles. The van der Waals surface area contributed by atoms with Crippen LogP contribution in [0.4, 0.5) is 0 Å². The highest BCUT2D eigenvalue weighted by Gasteiger charge is 2.37. The lowest BCUT2D eigenvalue weighted by atomic mass is 9.67. The summed E-state index contributed by atoms with van der Waals surface area (Å²) in [5.74, 6) is 2.23. The zero-order valence-corrected chi connectivity index (χ0v) is 14.6. The molecule has 0 aromatic heterocycles. The number of ether oxygens (including phenoxy) is 1. The first kappa shape index (κ1) is 17.2. The lowest BCUT2D eigenvalue weighted by molar-refractivity contribution is 0.0123. The van der Waals surface area contributed by atoms with Gasteiger partial charge in [-0.15, -0.1) is 0 Å². The third-order valence-electron chi connectivity index (χ3n) is 5.85. The fourth-order valence-electron chi connectivity index (χ4n) is 4.30. The van der Waals surface area contributed by atoms with Crippen LogP contribution in [0.25, 0.3) is 0 Å². The molecule has 0 aromatic rings. The van der Waals surface area contributed by atoms with E-state index in [1.54, 1.807) is 0 Å². The molecule has 0 amide bonds. The molecule has 2 N–H and O–H groups in total. The van der Waals surface area contributed by atoms with Gasteiger partial charge in [0.15, 0.2) is 0 Å². The van der Waals surface area contributed by atoms with E-state index in [1.165, 1.54) is 38.6 Å². The third kappa shape index (κ3) is 4.67. The van der Waals surface area contributed by atoms with Crippen LogP contribution in [-0.2, 0) is 4.74 Å². The zero-order valence-electron chi connectivity index (χ0n) is 14.6. The maximum absolute atomic E-state index is 6.07. The van der Waals surface area contributed by atoms with Crippen molar-refractivity contribution in [1.82, 2.24) is 4.90 Å². The van der Waals surface area contributed by atoms with Crippen molar-refractivity contribution in [1.29, 1.82) is 0 Å². The minimum absolute atomic E-state index is 0.423. The lowest BCUT2D eigenvalue weighted by Crippen LogP contribution is -2.48. The Morgan fingerprint density at radius 1 is 1.19 bits per heavy atom. The van der Waals surface area contributed by atoms with Gasteiger partial charge in [-0.05, 0) is 68.9 Å². The summed E-state index contributed by atoms with van der Waals surface area (Å²) in [6, 6.07) is 0.662. The van der Waals surface area contributed by atoms with E-state index in [0.717, 1.165) is 31.6 Å². The van der Waals surface area contributed by atoms with Gasteiger partial charge < -0.3 is 15.4 Å². The van der Waals surface area contributed by atoms with Gasteiger partial charge in [-0.2, -0.15) is 0 Å². The molecule has 1 aliphatic carbocycles. The van der Waals surface area contributed by atoms with Crippen molar-refractivity contribution in [3.05, 3.63) is 0 Å². The van der Waals surface area contributed by atoms with Gasteiger partial charge in [0.1, 0.15) is 0 Å². The van der Waals surface area contributed by atoms with Crippen molar-refractivity contribution in [3.63, 3.8) is 0 Å². The van der Waals surface area contributed by atoms with Crippen LogP contribution in [0.3, 0.4) is 0 Å².